The second-order valence-electron chi connectivity index (χ2n) is 10.5. The van der Waals surface area contributed by atoms with Gasteiger partial charge in [0.1, 0.15) is 18.2 Å². The Morgan fingerprint density at radius 3 is 2.84 bits per heavy atom. The average Bonchev–Trinajstić information content (AvgIpc) is 3.60. The van der Waals surface area contributed by atoms with Crippen molar-refractivity contribution in [3.8, 4) is 17.0 Å². The van der Waals surface area contributed by atoms with E-state index in [0.717, 1.165) is 72.3 Å². The average molecular weight is 515 g/mol. The van der Waals surface area contributed by atoms with Crippen molar-refractivity contribution in [2.24, 2.45) is 11.3 Å². The fourth-order valence-electron chi connectivity index (χ4n) is 6.24. The number of aryl methyl sites for hydroxylation is 1. The zero-order chi connectivity index (χ0) is 26.3. The molecule has 0 spiro atoms. The molecule has 198 valence electrons. The van der Waals surface area contributed by atoms with Gasteiger partial charge in [-0.15, -0.1) is 0 Å². The number of benzene rings is 1. The van der Waals surface area contributed by atoms with E-state index in [0.29, 0.717) is 13.2 Å². The van der Waals surface area contributed by atoms with Crippen molar-refractivity contribution in [2.45, 2.75) is 39.0 Å². The monoisotopic (exact) mass is 514 g/mol. The molecule has 1 aromatic carbocycles. The number of esters is 1. The van der Waals surface area contributed by atoms with Crippen LogP contribution in [0.15, 0.2) is 48.5 Å². The van der Waals surface area contributed by atoms with Crippen molar-refractivity contribution in [3.05, 3.63) is 71.0 Å². The molecule has 1 saturated carbocycles. The number of para-hydroxylation sites is 1. The first-order valence-corrected chi connectivity index (χ1v) is 13.3. The van der Waals surface area contributed by atoms with Crippen LogP contribution < -0.4 is 15.0 Å². The van der Waals surface area contributed by atoms with Crippen LogP contribution in [0.25, 0.3) is 11.3 Å². The number of nitrogens with one attached hydrogen (secondary N) is 1. The quantitative estimate of drug-likeness (QED) is 0.456. The summed E-state index contributed by atoms with van der Waals surface area (Å²) < 4.78 is 17.1. The molecule has 3 atom stereocenters. The van der Waals surface area contributed by atoms with Gasteiger partial charge in [-0.1, -0.05) is 24.3 Å². The summed E-state index contributed by atoms with van der Waals surface area (Å²) in [4.78, 5) is 24.9. The van der Waals surface area contributed by atoms with Gasteiger partial charge in [0.2, 0.25) is 0 Å². The molecule has 2 fully saturated rings. The first-order chi connectivity index (χ1) is 18.5. The van der Waals surface area contributed by atoms with Crippen molar-refractivity contribution >= 4 is 11.8 Å². The maximum Gasteiger partial charge on any atom is 0.314 e. The van der Waals surface area contributed by atoms with Gasteiger partial charge < -0.3 is 24.4 Å². The lowest BCUT2D eigenvalue weighted by atomic mass is 9.96. The number of anilines is 1. The molecule has 0 radical (unpaired) electrons. The highest BCUT2D eigenvalue weighted by Gasteiger charge is 2.71. The van der Waals surface area contributed by atoms with Gasteiger partial charge in [-0.25, -0.2) is 4.98 Å². The molecular formula is C30H34N4O4. The number of nitrogens with zero attached hydrogens (tertiary/aromatic N) is 3. The molecule has 38 heavy (non-hydrogen) atoms. The number of pyridine rings is 2. The van der Waals surface area contributed by atoms with Gasteiger partial charge in [0, 0.05) is 44.4 Å². The lowest BCUT2D eigenvalue weighted by Gasteiger charge is -2.31. The second-order valence-corrected chi connectivity index (χ2v) is 10.5. The molecule has 4 heterocycles. The van der Waals surface area contributed by atoms with E-state index in [4.69, 9.17) is 24.2 Å². The van der Waals surface area contributed by atoms with Gasteiger partial charge in [-0.3, -0.25) is 9.78 Å². The summed E-state index contributed by atoms with van der Waals surface area (Å²) in [5.74, 6) is 1.75. The summed E-state index contributed by atoms with van der Waals surface area (Å²) in [6.45, 7) is 5.48. The number of hydrogen-bond acceptors (Lipinski definition) is 8. The van der Waals surface area contributed by atoms with Crippen LogP contribution in [0.4, 0.5) is 5.82 Å². The maximum absolute atomic E-state index is 12.7. The van der Waals surface area contributed by atoms with Crippen LogP contribution in [0.3, 0.4) is 0 Å². The van der Waals surface area contributed by atoms with E-state index < -0.39 is 5.41 Å². The molecule has 8 heteroatoms. The van der Waals surface area contributed by atoms with Gasteiger partial charge in [0.05, 0.1) is 36.6 Å². The number of methoxy groups -OCH3 is 2. The molecule has 1 aliphatic carbocycles. The molecule has 0 amide bonds. The van der Waals surface area contributed by atoms with Crippen molar-refractivity contribution in [3.63, 3.8) is 0 Å². The van der Waals surface area contributed by atoms with Crippen molar-refractivity contribution in [2.75, 3.05) is 38.8 Å². The Kier molecular flexibility index (Phi) is 6.53. The fraction of sp³-hybridized carbons (Fsp3) is 0.433. The van der Waals surface area contributed by atoms with E-state index in [1.807, 2.05) is 30.3 Å². The SMILES string of the molecule is COC[C@H]1N(c2cccc(-c3cccc(C)c3OCc3ccc4c(n3)CCNC4)n2)C[C@@H]2C[C@@]21C(=O)OC. The smallest absolute Gasteiger partial charge is 0.314 e. The molecule has 1 saturated heterocycles. The minimum atomic E-state index is -0.502. The number of ether oxygens (including phenoxy) is 3. The normalized spacial score (nSPS) is 23.5. The van der Waals surface area contributed by atoms with Crippen LogP contribution in [-0.2, 0) is 33.8 Å². The topological polar surface area (TPSA) is 85.8 Å². The number of piperidine rings is 1. The number of carbonyl (C=O) groups excluding carboxylic acids is 1. The number of rotatable bonds is 8. The van der Waals surface area contributed by atoms with Gasteiger partial charge in [-0.2, -0.15) is 0 Å². The van der Waals surface area contributed by atoms with E-state index in [2.05, 4.69) is 35.3 Å². The Balaban J connectivity index is 1.27. The maximum atomic E-state index is 12.7. The first-order valence-electron chi connectivity index (χ1n) is 13.3. The molecule has 0 bridgehead atoms. The Hall–Kier alpha value is -3.49. The summed E-state index contributed by atoms with van der Waals surface area (Å²) in [5.41, 5.74) is 5.65. The number of fused-ring (bicyclic) bond motifs is 2. The fourth-order valence-corrected chi connectivity index (χ4v) is 6.24. The molecule has 1 N–H and O–H groups in total. The van der Waals surface area contributed by atoms with Crippen LogP contribution in [-0.4, -0.2) is 55.9 Å². The zero-order valence-corrected chi connectivity index (χ0v) is 22.2. The van der Waals surface area contributed by atoms with Crippen molar-refractivity contribution in [1.29, 1.82) is 0 Å². The molecular weight excluding hydrogens is 480 g/mol. The number of aromatic nitrogens is 2. The van der Waals surface area contributed by atoms with E-state index in [1.54, 1.807) is 7.11 Å². The van der Waals surface area contributed by atoms with Gasteiger partial charge in [-0.05, 0) is 54.7 Å². The number of carbonyl (C=O) groups is 1. The summed E-state index contributed by atoms with van der Waals surface area (Å²) in [7, 11) is 3.14. The van der Waals surface area contributed by atoms with Crippen molar-refractivity contribution in [1.82, 2.24) is 15.3 Å². The van der Waals surface area contributed by atoms with Crippen LogP contribution in [0, 0.1) is 18.3 Å². The highest BCUT2D eigenvalue weighted by molar-refractivity contribution is 5.84. The lowest BCUT2D eigenvalue weighted by molar-refractivity contribution is -0.148. The molecule has 3 aliphatic rings. The highest BCUT2D eigenvalue weighted by atomic mass is 16.5. The van der Waals surface area contributed by atoms with Crippen molar-refractivity contribution < 1.29 is 19.0 Å². The Morgan fingerprint density at radius 1 is 1.13 bits per heavy atom. The predicted molar refractivity (Wildman–Crippen MR) is 144 cm³/mol. The molecule has 0 unspecified atom stereocenters. The molecule has 2 aliphatic heterocycles. The van der Waals surface area contributed by atoms with Gasteiger partial charge in [0.15, 0.2) is 0 Å². The summed E-state index contributed by atoms with van der Waals surface area (Å²) in [6.07, 6.45) is 1.78. The number of hydrogen-bond donors (Lipinski definition) is 1. The minimum Gasteiger partial charge on any atom is -0.486 e. The van der Waals surface area contributed by atoms with E-state index in [1.165, 1.54) is 12.7 Å². The second kappa shape index (κ2) is 10.0. The first kappa shape index (κ1) is 24.8. The Labute approximate surface area is 223 Å². The molecule has 6 rings (SSSR count). The van der Waals surface area contributed by atoms with E-state index in [9.17, 15) is 4.79 Å². The van der Waals surface area contributed by atoms with Crippen LogP contribution in [0.5, 0.6) is 5.75 Å². The van der Waals surface area contributed by atoms with E-state index in [-0.39, 0.29) is 17.9 Å². The Morgan fingerprint density at radius 2 is 2.00 bits per heavy atom. The van der Waals surface area contributed by atoms with Crippen LogP contribution in [0.1, 0.15) is 28.9 Å². The third-order valence-electron chi connectivity index (χ3n) is 8.29. The third-order valence-corrected chi connectivity index (χ3v) is 8.29. The lowest BCUT2D eigenvalue weighted by Crippen LogP contribution is -2.44. The highest BCUT2D eigenvalue weighted by Crippen LogP contribution is 2.62. The largest absolute Gasteiger partial charge is 0.486 e. The third kappa shape index (κ3) is 4.22. The Bertz CT molecular complexity index is 1360. The van der Waals surface area contributed by atoms with Gasteiger partial charge in [0.25, 0.3) is 0 Å². The standard InChI is InChI=1S/C30H34N4O4/c1-19-6-4-7-23(28(19)38-17-22-11-10-20-15-31-13-12-24(20)32-22)25-8-5-9-27(33-25)34-16-21-14-30(21,29(35)37-3)26(34)18-36-2/h4-11,21,26,31H,12-18H2,1-3H3/t21-,26+,30+/m0/s1. The van der Waals surface area contributed by atoms with Gasteiger partial charge >= 0.3 is 5.97 Å². The summed E-state index contributed by atoms with van der Waals surface area (Å²) in [5, 5.41) is 3.39. The van der Waals surface area contributed by atoms with Crippen LogP contribution in [0.2, 0.25) is 0 Å². The summed E-state index contributed by atoms with van der Waals surface area (Å²) in [6, 6.07) is 16.2. The summed E-state index contributed by atoms with van der Waals surface area (Å²) >= 11 is 0. The van der Waals surface area contributed by atoms with E-state index >= 15 is 0 Å². The molecule has 8 nitrogen and oxygen atoms in total. The minimum absolute atomic E-state index is 0.105. The molecule has 3 aromatic rings. The molecule has 2 aromatic heterocycles. The predicted octanol–water partition coefficient (Wildman–Crippen LogP) is 3.69. The van der Waals surface area contributed by atoms with Crippen LogP contribution >= 0.6 is 0 Å². The zero-order valence-electron chi connectivity index (χ0n) is 22.2.